The summed E-state index contributed by atoms with van der Waals surface area (Å²) in [6.07, 6.45) is 2.26. The average molecular weight is 575 g/mol. The van der Waals surface area contributed by atoms with Gasteiger partial charge in [0.1, 0.15) is 23.3 Å². The summed E-state index contributed by atoms with van der Waals surface area (Å²) in [7, 11) is 0. The van der Waals surface area contributed by atoms with Crippen molar-refractivity contribution in [2.75, 3.05) is 13.1 Å². The van der Waals surface area contributed by atoms with E-state index in [1.807, 2.05) is 13.8 Å². The Morgan fingerprint density at radius 1 is 0.452 bits per heavy atom. The van der Waals surface area contributed by atoms with E-state index in [0.717, 1.165) is 34.1 Å². The van der Waals surface area contributed by atoms with Gasteiger partial charge in [0.2, 0.25) is 0 Å². The first-order valence-electron chi connectivity index (χ1n) is 13.8. The highest BCUT2D eigenvalue weighted by Crippen LogP contribution is 2.49. The predicted octanol–water partition coefficient (Wildman–Crippen LogP) is 7.09. The van der Waals surface area contributed by atoms with Crippen molar-refractivity contribution in [3.05, 3.63) is 69.8 Å². The van der Waals surface area contributed by atoms with E-state index >= 15 is 17.6 Å². The number of rotatable bonds is 6. The quantitative estimate of drug-likeness (QED) is 0.0940. The van der Waals surface area contributed by atoms with E-state index in [1.165, 1.54) is 0 Å². The third-order valence-electron chi connectivity index (χ3n) is 8.49. The summed E-state index contributed by atoms with van der Waals surface area (Å²) in [5.74, 6) is -7.49. The first-order valence-corrected chi connectivity index (χ1v) is 13.8. The van der Waals surface area contributed by atoms with Gasteiger partial charge in [0, 0.05) is 56.2 Å². The lowest BCUT2D eigenvalue weighted by atomic mass is 9.81. The Kier molecular flexibility index (Phi) is 5.60. The molecule has 0 saturated heterocycles. The van der Waals surface area contributed by atoms with E-state index in [2.05, 4.69) is 0 Å². The molecule has 0 spiro atoms. The van der Waals surface area contributed by atoms with Crippen molar-refractivity contribution >= 4 is 66.7 Å². The molecule has 2 aliphatic heterocycles. The van der Waals surface area contributed by atoms with Gasteiger partial charge in [0.25, 0.3) is 23.6 Å². The van der Waals surface area contributed by atoms with E-state index in [4.69, 9.17) is 0 Å². The fraction of sp³-hybridized carbons (Fsp3) is 0.250. The molecule has 7 rings (SSSR count). The van der Waals surface area contributed by atoms with Gasteiger partial charge in [-0.2, -0.15) is 0 Å². The van der Waals surface area contributed by atoms with Crippen molar-refractivity contribution < 1.29 is 36.7 Å². The van der Waals surface area contributed by atoms with Crippen LogP contribution in [-0.2, 0) is 0 Å². The lowest BCUT2D eigenvalue weighted by molar-refractivity contribution is 0.0592. The molecule has 42 heavy (non-hydrogen) atoms. The van der Waals surface area contributed by atoms with Gasteiger partial charge in [0.05, 0.1) is 22.3 Å². The molecule has 6 nitrogen and oxygen atoms in total. The Balaban J connectivity index is 1.68. The number of fused-ring (bicyclic) bond motifs is 2. The van der Waals surface area contributed by atoms with Gasteiger partial charge in [0.15, 0.2) is 0 Å². The third-order valence-corrected chi connectivity index (χ3v) is 8.49. The van der Waals surface area contributed by atoms with Crippen molar-refractivity contribution in [3.8, 4) is 0 Å². The van der Waals surface area contributed by atoms with Gasteiger partial charge in [-0.25, -0.2) is 17.6 Å². The second-order valence-electron chi connectivity index (χ2n) is 10.9. The number of carbonyl (C=O) groups is 4. The Morgan fingerprint density at radius 3 is 0.952 bits per heavy atom. The summed E-state index contributed by atoms with van der Waals surface area (Å²) in [5.41, 5.74) is -0.870. The lowest BCUT2D eigenvalue weighted by Gasteiger charge is -2.30. The number of halogens is 4. The van der Waals surface area contributed by atoms with E-state index in [0.29, 0.717) is 25.7 Å². The fourth-order valence-electron chi connectivity index (χ4n) is 6.60. The number of amides is 4. The molecule has 2 aliphatic rings. The van der Waals surface area contributed by atoms with Crippen molar-refractivity contribution in [1.82, 2.24) is 9.80 Å². The highest BCUT2D eigenvalue weighted by Gasteiger charge is 2.40. The standard InChI is InChI=1S/C32H22F4N2O4/c1-3-5-7-37-29(39)13-9-17(33)23-25-19(35)11-15-22-16(32(42)38(31(15)41)8-6-4-2)12-20(36)26(28(22)25)24-18(34)10-14(30(37)40)21(13)27(23)24/h9-12H,3-8H2,1-2H3. The van der Waals surface area contributed by atoms with Gasteiger partial charge < -0.3 is 0 Å². The third kappa shape index (κ3) is 3.15. The van der Waals surface area contributed by atoms with Gasteiger partial charge in [-0.1, -0.05) is 26.7 Å². The Hall–Kier alpha value is -4.60. The highest BCUT2D eigenvalue weighted by atomic mass is 19.1. The molecular formula is C32H22F4N2O4. The smallest absolute Gasteiger partial charge is 0.261 e. The minimum Gasteiger partial charge on any atom is -0.274 e. The van der Waals surface area contributed by atoms with Gasteiger partial charge in [-0.3, -0.25) is 29.0 Å². The number of benzene rings is 5. The molecule has 5 aromatic carbocycles. The van der Waals surface area contributed by atoms with Gasteiger partial charge in [-0.05, 0) is 37.1 Å². The maximum absolute atomic E-state index is 16.1. The first-order chi connectivity index (χ1) is 20.1. The Bertz CT molecular complexity index is 1820. The molecule has 10 heteroatoms. The van der Waals surface area contributed by atoms with Crippen LogP contribution in [0.15, 0.2) is 24.3 Å². The zero-order chi connectivity index (χ0) is 29.8. The van der Waals surface area contributed by atoms with E-state index in [-0.39, 0.29) is 56.9 Å². The predicted molar refractivity (Wildman–Crippen MR) is 148 cm³/mol. The molecule has 4 amide bonds. The monoisotopic (exact) mass is 574 g/mol. The van der Waals surface area contributed by atoms with Crippen LogP contribution in [0.4, 0.5) is 17.6 Å². The molecule has 0 aliphatic carbocycles. The number of carbonyl (C=O) groups excluding carboxylic acids is 4. The van der Waals surface area contributed by atoms with Crippen LogP contribution in [0.3, 0.4) is 0 Å². The normalized spacial score (nSPS) is 15.1. The van der Waals surface area contributed by atoms with E-state index in [9.17, 15) is 19.2 Å². The van der Waals surface area contributed by atoms with Crippen molar-refractivity contribution in [1.29, 1.82) is 0 Å². The minimum atomic E-state index is -1.09. The number of nitrogens with zero attached hydrogens (tertiary/aromatic N) is 2. The maximum Gasteiger partial charge on any atom is 0.261 e. The summed E-state index contributed by atoms with van der Waals surface area (Å²) in [4.78, 5) is 55.4. The zero-order valence-electron chi connectivity index (χ0n) is 22.6. The lowest BCUT2D eigenvalue weighted by Crippen LogP contribution is -2.41. The highest BCUT2D eigenvalue weighted by molar-refractivity contribution is 6.41. The van der Waals surface area contributed by atoms with Crippen molar-refractivity contribution in [2.24, 2.45) is 0 Å². The zero-order valence-corrected chi connectivity index (χ0v) is 22.6. The molecule has 0 fully saturated rings. The molecule has 212 valence electrons. The van der Waals surface area contributed by atoms with Crippen LogP contribution < -0.4 is 0 Å². The largest absolute Gasteiger partial charge is 0.274 e. The molecule has 5 aromatic rings. The van der Waals surface area contributed by atoms with Crippen LogP contribution in [0.5, 0.6) is 0 Å². The fourth-order valence-corrected chi connectivity index (χ4v) is 6.60. The number of imide groups is 2. The van der Waals surface area contributed by atoms with Crippen molar-refractivity contribution in [2.45, 2.75) is 39.5 Å². The molecule has 0 saturated carbocycles. The summed E-state index contributed by atoms with van der Waals surface area (Å²) in [6.45, 7) is 3.79. The number of unbranched alkanes of at least 4 members (excludes halogenated alkanes) is 2. The molecule has 0 bridgehead atoms. The summed E-state index contributed by atoms with van der Waals surface area (Å²) >= 11 is 0. The summed E-state index contributed by atoms with van der Waals surface area (Å²) < 4.78 is 64.4. The van der Waals surface area contributed by atoms with Crippen LogP contribution >= 0.6 is 0 Å². The van der Waals surface area contributed by atoms with Crippen molar-refractivity contribution in [3.63, 3.8) is 0 Å². The summed E-state index contributed by atoms with van der Waals surface area (Å²) in [5, 5.41) is -2.65. The van der Waals surface area contributed by atoms with Crippen LogP contribution in [0, 0.1) is 23.3 Å². The van der Waals surface area contributed by atoms with E-state index in [1.54, 1.807) is 0 Å². The van der Waals surface area contributed by atoms with Crippen LogP contribution in [-0.4, -0.2) is 46.5 Å². The average Bonchev–Trinajstić information content (AvgIpc) is 2.96. The summed E-state index contributed by atoms with van der Waals surface area (Å²) in [6, 6.07) is 3.54. The number of hydrogen-bond acceptors (Lipinski definition) is 4. The molecular weight excluding hydrogens is 552 g/mol. The molecule has 2 heterocycles. The first kappa shape index (κ1) is 26.3. The molecule has 0 aromatic heterocycles. The Labute approximate surface area is 235 Å². The number of hydrogen-bond donors (Lipinski definition) is 0. The van der Waals surface area contributed by atoms with E-state index < -0.39 is 68.4 Å². The molecule has 0 atom stereocenters. The maximum atomic E-state index is 16.1. The van der Waals surface area contributed by atoms with Gasteiger partial charge in [-0.15, -0.1) is 0 Å². The van der Waals surface area contributed by atoms with Gasteiger partial charge >= 0.3 is 0 Å². The second-order valence-corrected chi connectivity index (χ2v) is 10.9. The van der Waals surface area contributed by atoms with Crippen LogP contribution in [0.25, 0.3) is 43.1 Å². The Morgan fingerprint density at radius 2 is 0.714 bits per heavy atom. The topological polar surface area (TPSA) is 74.8 Å². The molecule has 0 unspecified atom stereocenters. The van der Waals surface area contributed by atoms with Crippen LogP contribution in [0.2, 0.25) is 0 Å². The van der Waals surface area contributed by atoms with Crippen LogP contribution in [0.1, 0.15) is 81.0 Å². The SMILES string of the molecule is CCCCN1C(=O)c2cc(F)c3c4c(F)cc5c6c(cc(F)c(c7c(F)cc(c2c37)C1=O)c64)C(=O)N(CCCC)C5=O. The molecule has 0 N–H and O–H groups in total. The second kappa shape index (κ2) is 8.95. The minimum absolute atomic E-state index is 0.0378. The molecule has 0 radical (unpaired) electrons.